The maximum absolute atomic E-state index is 11.9. The molecular weight excluding hydrogens is 352 g/mol. The van der Waals surface area contributed by atoms with Crippen LogP contribution in [0.4, 0.5) is 0 Å². The van der Waals surface area contributed by atoms with E-state index in [2.05, 4.69) is 15.5 Å². The summed E-state index contributed by atoms with van der Waals surface area (Å²) in [5.41, 5.74) is 1.96. The van der Waals surface area contributed by atoms with Crippen molar-refractivity contribution < 1.29 is 13.9 Å². The molecule has 1 fully saturated rings. The summed E-state index contributed by atoms with van der Waals surface area (Å²) < 4.78 is 13.2. The normalized spacial score (nSPS) is 17.0. The minimum atomic E-state index is -0.0603. The molecular formula is C18H20N4O3S. The molecule has 0 radical (unpaired) electrons. The number of ether oxygens (including phenoxy) is 1. The fourth-order valence-corrected chi connectivity index (χ4v) is 3.67. The Labute approximate surface area is 155 Å². The van der Waals surface area contributed by atoms with E-state index in [9.17, 15) is 4.79 Å². The second kappa shape index (κ2) is 7.51. The lowest BCUT2D eigenvalue weighted by Crippen LogP contribution is -2.32. The van der Waals surface area contributed by atoms with E-state index in [-0.39, 0.29) is 17.8 Å². The van der Waals surface area contributed by atoms with Gasteiger partial charge in [-0.2, -0.15) is 0 Å². The van der Waals surface area contributed by atoms with E-state index >= 15 is 0 Å². The number of hydrogen-bond donors (Lipinski definition) is 1. The van der Waals surface area contributed by atoms with Crippen LogP contribution in [0, 0.1) is 0 Å². The molecule has 1 saturated heterocycles. The molecule has 3 aromatic rings. The summed E-state index contributed by atoms with van der Waals surface area (Å²) in [6.07, 6.45) is 2.21. The van der Waals surface area contributed by atoms with Gasteiger partial charge in [-0.1, -0.05) is 30.0 Å². The van der Waals surface area contributed by atoms with Crippen LogP contribution in [0.1, 0.15) is 12.8 Å². The van der Waals surface area contributed by atoms with Gasteiger partial charge in [0.2, 0.25) is 5.91 Å². The molecule has 1 unspecified atom stereocenters. The molecule has 7 nitrogen and oxygen atoms in total. The zero-order valence-electron chi connectivity index (χ0n) is 14.5. The predicted octanol–water partition coefficient (Wildman–Crippen LogP) is 2.62. The highest BCUT2D eigenvalue weighted by atomic mass is 32.2. The molecule has 1 aliphatic rings. The van der Waals surface area contributed by atoms with Crippen LogP contribution in [0.5, 0.6) is 0 Å². The Bertz CT molecular complexity index is 914. The minimum Gasteiger partial charge on any atom is -0.410 e. The van der Waals surface area contributed by atoms with E-state index in [0.717, 1.165) is 36.0 Å². The molecule has 1 aliphatic heterocycles. The number of rotatable bonds is 6. The number of thioether (sulfide) groups is 1. The lowest BCUT2D eigenvalue weighted by atomic mass is 10.2. The largest absolute Gasteiger partial charge is 0.410 e. The third-order valence-corrected chi connectivity index (χ3v) is 5.27. The number of para-hydroxylation sites is 1. The van der Waals surface area contributed by atoms with E-state index in [1.54, 1.807) is 0 Å². The van der Waals surface area contributed by atoms with Crippen molar-refractivity contribution in [1.29, 1.82) is 0 Å². The number of aromatic nitrogens is 3. The SMILES string of the molecule is Cn1c(-c2nnc(SCC(=O)NCC3CCCO3)o2)cc2ccccc21. The van der Waals surface area contributed by atoms with Crippen LogP contribution in [-0.4, -0.2) is 45.7 Å². The van der Waals surface area contributed by atoms with E-state index in [0.29, 0.717) is 17.7 Å². The van der Waals surface area contributed by atoms with Gasteiger partial charge in [0, 0.05) is 31.1 Å². The second-order valence-electron chi connectivity index (χ2n) is 6.25. The third-order valence-electron chi connectivity index (χ3n) is 4.45. The van der Waals surface area contributed by atoms with Crippen molar-refractivity contribution in [1.82, 2.24) is 20.1 Å². The molecule has 136 valence electrons. The maximum atomic E-state index is 11.9. The summed E-state index contributed by atoms with van der Waals surface area (Å²) in [5, 5.41) is 12.5. The van der Waals surface area contributed by atoms with Crippen LogP contribution in [0.3, 0.4) is 0 Å². The number of nitrogens with one attached hydrogen (secondary N) is 1. The van der Waals surface area contributed by atoms with Gasteiger partial charge in [-0.15, -0.1) is 10.2 Å². The molecule has 2 aromatic heterocycles. The summed E-state index contributed by atoms with van der Waals surface area (Å²) in [7, 11) is 1.97. The molecule has 26 heavy (non-hydrogen) atoms. The lowest BCUT2D eigenvalue weighted by Gasteiger charge is -2.09. The summed E-state index contributed by atoms with van der Waals surface area (Å²) in [4.78, 5) is 11.9. The van der Waals surface area contributed by atoms with Gasteiger partial charge >= 0.3 is 0 Å². The van der Waals surface area contributed by atoms with Gasteiger partial charge in [0.1, 0.15) is 5.69 Å². The van der Waals surface area contributed by atoms with E-state index in [1.807, 2.05) is 41.9 Å². The topological polar surface area (TPSA) is 82.2 Å². The molecule has 8 heteroatoms. The Kier molecular flexibility index (Phi) is 4.94. The molecule has 1 N–H and O–H groups in total. The van der Waals surface area contributed by atoms with Gasteiger partial charge in [0.05, 0.1) is 11.9 Å². The fraction of sp³-hybridized carbons (Fsp3) is 0.389. The first-order chi connectivity index (χ1) is 12.7. The van der Waals surface area contributed by atoms with Crippen molar-refractivity contribution in [3.63, 3.8) is 0 Å². The van der Waals surface area contributed by atoms with Crippen LogP contribution in [0.2, 0.25) is 0 Å². The first kappa shape index (κ1) is 17.1. The molecule has 0 aliphatic carbocycles. The monoisotopic (exact) mass is 372 g/mol. The highest BCUT2D eigenvalue weighted by molar-refractivity contribution is 7.99. The number of amides is 1. The third kappa shape index (κ3) is 3.61. The Hall–Kier alpha value is -2.32. The Balaban J connectivity index is 1.36. The first-order valence-electron chi connectivity index (χ1n) is 8.60. The van der Waals surface area contributed by atoms with E-state index in [1.165, 1.54) is 11.8 Å². The highest BCUT2D eigenvalue weighted by Gasteiger charge is 2.18. The van der Waals surface area contributed by atoms with Crippen molar-refractivity contribution in [2.45, 2.75) is 24.2 Å². The number of benzene rings is 1. The molecule has 0 saturated carbocycles. The van der Waals surface area contributed by atoms with Gasteiger partial charge in [0.25, 0.3) is 11.1 Å². The van der Waals surface area contributed by atoms with E-state index < -0.39 is 0 Å². The number of aryl methyl sites for hydroxylation is 1. The number of carbonyl (C=O) groups excluding carboxylic acids is 1. The van der Waals surface area contributed by atoms with Crippen LogP contribution < -0.4 is 5.32 Å². The number of hydrogen-bond acceptors (Lipinski definition) is 6. The zero-order chi connectivity index (χ0) is 17.9. The lowest BCUT2D eigenvalue weighted by molar-refractivity contribution is -0.119. The summed E-state index contributed by atoms with van der Waals surface area (Å²) in [6, 6.07) is 10.1. The molecule has 0 spiro atoms. The summed E-state index contributed by atoms with van der Waals surface area (Å²) in [6.45, 7) is 1.35. The predicted molar refractivity (Wildman–Crippen MR) is 98.9 cm³/mol. The van der Waals surface area contributed by atoms with Crippen LogP contribution in [0.25, 0.3) is 22.5 Å². The standard InChI is InChI=1S/C18H20N4O3S/c1-22-14-7-3-2-5-12(14)9-15(22)17-20-21-18(25-17)26-11-16(23)19-10-13-6-4-8-24-13/h2-3,5,7,9,13H,4,6,8,10-11H2,1H3,(H,19,23). The van der Waals surface area contributed by atoms with Crippen LogP contribution >= 0.6 is 11.8 Å². The van der Waals surface area contributed by atoms with Crippen LogP contribution in [-0.2, 0) is 16.6 Å². The van der Waals surface area contributed by atoms with Gasteiger partial charge < -0.3 is 19.0 Å². The molecule has 0 bridgehead atoms. The Morgan fingerprint density at radius 2 is 2.27 bits per heavy atom. The van der Waals surface area contributed by atoms with Crippen molar-refractivity contribution in [2.75, 3.05) is 18.9 Å². The zero-order valence-corrected chi connectivity index (χ0v) is 15.3. The molecule has 1 atom stereocenters. The molecule has 1 amide bonds. The number of fused-ring (bicyclic) bond motifs is 1. The van der Waals surface area contributed by atoms with Crippen molar-refractivity contribution in [3.05, 3.63) is 30.3 Å². The number of carbonyl (C=O) groups is 1. The van der Waals surface area contributed by atoms with Crippen molar-refractivity contribution in [3.8, 4) is 11.6 Å². The average molecular weight is 372 g/mol. The minimum absolute atomic E-state index is 0.0603. The fourth-order valence-electron chi connectivity index (χ4n) is 3.08. The first-order valence-corrected chi connectivity index (χ1v) is 9.59. The second-order valence-corrected chi connectivity index (χ2v) is 7.17. The van der Waals surface area contributed by atoms with Crippen LogP contribution in [0.15, 0.2) is 40.0 Å². The summed E-state index contributed by atoms with van der Waals surface area (Å²) >= 11 is 1.24. The quantitative estimate of drug-likeness (QED) is 0.670. The highest BCUT2D eigenvalue weighted by Crippen LogP contribution is 2.28. The van der Waals surface area contributed by atoms with Gasteiger partial charge in [-0.25, -0.2) is 0 Å². The number of nitrogens with zero attached hydrogens (tertiary/aromatic N) is 3. The smallest absolute Gasteiger partial charge is 0.277 e. The Morgan fingerprint density at radius 1 is 1.38 bits per heavy atom. The van der Waals surface area contributed by atoms with Gasteiger partial charge in [-0.05, 0) is 25.0 Å². The summed E-state index contributed by atoms with van der Waals surface area (Å²) in [5.74, 6) is 0.629. The van der Waals surface area contributed by atoms with Crippen molar-refractivity contribution >= 4 is 28.6 Å². The molecule has 4 rings (SSSR count). The van der Waals surface area contributed by atoms with Gasteiger partial charge in [-0.3, -0.25) is 4.79 Å². The van der Waals surface area contributed by atoms with E-state index in [4.69, 9.17) is 9.15 Å². The molecule has 3 heterocycles. The van der Waals surface area contributed by atoms with Crippen molar-refractivity contribution in [2.24, 2.45) is 7.05 Å². The maximum Gasteiger partial charge on any atom is 0.277 e. The van der Waals surface area contributed by atoms with Gasteiger partial charge in [0.15, 0.2) is 0 Å². The molecule has 1 aromatic carbocycles. The Morgan fingerprint density at radius 3 is 3.08 bits per heavy atom. The average Bonchev–Trinajstić information content (AvgIpc) is 3.39.